The normalized spacial score (nSPS) is 15.4. The number of carbonyl (C=O) groups is 1. The van der Waals surface area contributed by atoms with Crippen LogP contribution >= 0.6 is 0 Å². The second kappa shape index (κ2) is 13.0. The van der Waals surface area contributed by atoms with Crippen molar-refractivity contribution in [3.63, 3.8) is 0 Å². The molecular formula is C18H36O3. The first-order chi connectivity index (χ1) is 9.97. The third-order valence-corrected chi connectivity index (χ3v) is 4.49. The maximum Gasteiger partial charge on any atom is 0.506 e. The Morgan fingerprint density at radius 1 is 0.905 bits per heavy atom. The monoisotopic (exact) mass is 300 g/mol. The lowest BCUT2D eigenvalue weighted by molar-refractivity contribution is 0.0346. The summed E-state index contributed by atoms with van der Waals surface area (Å²) in [5.74, 6) is 1.10. The van der Waals surface area contributed by atoms with Gasteiger partial charge in [0.15, 0.2) is 0 Å². The fourth-order valence-electron chi connectivity index (χ4n) is 2.72. The lowest BCUT2D eigenvalue weighted by Crippen LogP contribution is -2.21. The molecule has 0 fully saturated rings. The number of rotatable bonds is 13. The van der Waals surface area contributed by atoms with Gasteiger partial charge in [-0.1, -0.05) is 78.6 Å². The lowest BCUT2D eigenvalue weighted by atomic mass is 9.92. The molecule has 3 atom stereocenters. The fraction of sp³-hybridized carbons (Fsp3) is 0.944. The van der Waals surface area contributed by atoms with E-state index in [0.717, 1.165) is 12.3 Å². The average Bonchev–Trinajstić information content (AvgIpc) is 2.41. The summed E-state index contributed by atoms with van der Waals surface area (Å²) < 4.78 is 4.80. The summed E-state index contributed by atoms with van der Waals surface area (Å²) in [5, 5.41) is 8.60. The van der Waals surface area contributed by atoms with Crippen LogP contribution in [-0.4, -0.2) is 17.4 Å². The summed E-state index contributed by atoms with van der Waals surface area (Å²) >= 11 is 0. The lowest BCUT2D eigenvalue weighted by Gasteiger charge is -2.19. The molecule has 0 rings (SSSR count). The molecule has 0 aromatic carbocycles. The quantitative estimate of drug-likeness (QED) is 0.322. The summed E-state index contributed by atoms with van der Waals surface area (Å²) in [6, 6.07) is 0. The van der Waals surface area contributed by atoms with E-state index in [1.54, 1.807) is 0 Å². The summed E-state index contributed by atoms with van der Waals surface area (Å²) in [4.78, 5) is 10.5. The Kier molecular flexibility index (Phi) is 12.5. The first kappa shape index (κ1) is 20.3. The molecule has 3 nitrogen and oxygen atoms in total. The second-order valence-electron chi connectivity index (χ2n) is 6.66. The molecule has 0 aromatic heterocycles. The highest BCUT2D eigenvalue weighted by atomic mass is 16.7. The molecule has 3 heteroatoms. The van der Waals surface area contributed by atoms with Crippen LogP contribution in [0.1, 0.15) is 91.9 Å². The highest BCUT2D eigenvalue weighted by Crippen LogP contribution is 2.21. The zero-order chi connectivity index (χ0) is 16.1. The minimum Gasteiger partial charge on any atom is -0.450 e. The van der Waals surface area contributed by atoms with Crippen LogP contribution in [0.3, 0.4) is 0 Å². The molecule has 0 spiro atoms. The van der Waals surface area contributed by atoms with Gasteiger partial charge in [0.25, 0.3) is 0 Å². The van der Waals surface area contributed by atoms with Crippen LogP contribution in [0.15, 0.2) is 0 Å². The van der Waals surface area contributed by atoms with Crippen molar-refractivity contribution >= 4 is 6.16 Å². The van der Waals surface area contributed by atoms with Crippen molar-refractivity contribution in [2.45, 2.75) is 98.0 Å². The Morgan fingerprint density at radius 3 is 2.10 bits per heavy atom. The molecule has 0 bridgehead atoms. The molecule has 0 aliphatic rings. The molecule has 1 N–H and O–H groups in total. The molecule has 0 unspecified atom stereocenters. The van der Waals surface area contributed by atoms with Crippen molar-refractivity contribution in [2.75, 3.05) is 0 Å². The maximum atomic E-state index is 10.5. The van der Waals surface area contributed by atoms with Crippen LogP contribution in [0, 0.1) is 11.8 Å². The largest absolute Gasteiger partial charge is 0.506 e. The molecule has 0 aromatic rings. The predicted molar refractivity (Wildman–Crippen MR) is 88.7 cm³/mol. The Hall–Kier alpha value is -0.730. The number of ether oxygens (including phenoxy) is 1. The molecule has 0 saturated carbocycles. The number of hydrogen-bond acceptors (Lipinski definition) is 2. The van der Waals surface area contributed by atoms with Gasteiger partial charge >= 0.3 is 6.16 Å². The van der Waals surface area contributed by atoms with E-state index in [1.165, 1.54) is 57.8 Å². The van der Waals surface area contributed by atoms with Gasteiger partial charge in [0.1, 0.15) is 6.10 Å². The van der Waals surface area contributed by atoms with E-state index in [4.69, 9.17) is 9.84 Å². The van der Waals surface area contributed by atoms with Gasteiger partial charge in [0.2, 0.25) is 0 Å². The van der Waals surface area contributed by atoms with Gasteiger partial charge in [-0.25, -0.2) is 4.79 Å². The predicted octanol–water partition coefficient (Wildman–Crippen LogP) is 6.26. The van der Waals surface area contributed by atoms with E-state index >= 15 is 0 Å². The van der Waals surface area contributed by atoms with E-state index in [9.17, 15) is 4.79 Å². The first-order valence-corrected chi connectivity index (χ1v) is 8.86. The molecule has 0 aliphatic heterocycles. The highest BCUT2D eigenvalue weighted by Gasteiger charge is 2.16. The zero-order valence-electron chi connectivity index (χ0n) is 14.6. The van der Waals surface area contributed by atoms with E-state index in [0.29, 0.717) is 5.92 Å². The highest BCUT2D eigenvalue weighted by molar-refractivity contribution is 5.57. The van der Waals surface area contributed by atoms with Crippen molar-refractivity contribution in [2.24, 2.45) is 11.8 Å². The minimum atomic E-state index is -1.16. The molecule has 0 heterocycles. The van der Waals surface area contributed by atoms with Gasteiger partial charge in [-0.05, 0) is 25.2 Å². The van der Waals surface area contributed by atoms with Gasteiger partial charge in [-0.15, -0.1) is 0 Å². The fourth-order valence-corrected chi connectivity index (χ4v) is 2.72. The Balaban J connectivity index is 3.51. The smallest absolute Gasteiger partial charge is 0.450 e. The molecule has 0 saturated heterocycles. The topological polar surface area (TPSA) is 46.5 Å². The standard InChI is InChI=1S/C18H36O3/c1-5-6-7-8-9-10-12-15(2)13-11-14-16(3)17(4)21-18(19)20/h15-17H,5-14H2,1-4H3,(H,19,20)/t15-,16-,17-/m0/s1. The van der Waals surface area contributed by atoms with Gasteiger partial charge < -0.3 is 9.84 Å². The third-order valence-electron chi connectivity index (χ3n) is 4.49. The minimum absolute atomic E-state index is 0.198. The summed E-state index contributed by atoms with van der Waals surface area (Å²) in [6.45, 7) is 8.52. The van der Waals surface area contributed by atoms with E-state index in [1.807, 2.05) is 6.92 Å². The summed E-state index contributed by atoms with van der Waals surface area (Å²) in [7, 11) is 0. The SMILES string of the molecule is CCCCCCCC[C@H](C)CCC[C@H](C)[C@H](C)OC(=O)O. The molecule has 0 aliphatic carbocycles. The maximum absolute atomic E-state index is 10.5. The van der Waals surface area contributed by atoms with Crippen LogP contribution in [0.5, 0.6) is 0 Å². The summed E-state index contributed by atoms with van der Waals surface area (Å²) in [5.41, 5.74) is 0. The van der Waals surface area contributed by atoms with Crippen molar-refractivity contribution in [1.29, 1.82) is 0 Å². The molecule has 0 amide bonds. The zero-order valence-corrected chi connectivity index (χ0v) is 14.6. The van der Waals surface area contributed by atoms with Crippen LogP contribution in [-0.2, 0) is 4.74 Å². The number of carboxylic acid groups (broad SMARTS) is 1. The van der Waals surface area contributed by atoms with Gasteiger partial charge in [0, 0.05) is 0 Å². The van der Waals surface area contributed by atoms with Crippen LogP contribution < -0.4 is 0 Å². The van der Waals surface area contributed by atoms with Gasteiger partial charge in [-0.3, -0.25) is 0 Å². The van der Waals surface area contributed by atoms with E-state index < -0.39 is 6.16 Å². The van der Waals surface area contributed by atoms with Crippen LogP contribution in [0.25, 0.3) is 0 Å². The third kappa shape index (κ3) is 12.7. The number of unbranched alkanes of at least 4 members (excludes halogenated alkanes) is 5. The van der Waals surface area contributed by atoms with Crippen molar-refractivity contribution in [1.82, 2.24) is 0 Å². The number of hydrogen-bond donors (Lipinski definition) is 1. The molecule has 126 valence electrons. The van der Waals surface area contributed by atoms with Gasteiger partial charge in [-0.2, -0.15) is 0 Å². The van der Waals surface area contributed by atoms with E-state index in [-0.39, 0.29) is 6.10 Å². The molecule has 21 heavy (non-hydrogen) atoms. The second-order valence-corrected chi connectivity index (χ2v) is 6.66. The summed E-state index contributed by atoms with van der Waals surface area (Å²) in [6.07, 6.45) is 11.7. The van der Waals surface area contributed by atoms with Gasteiger partial charge in [0.05, 0.1) is 0 Å². The first-order valence-electron chi connectivity index (χ1n) is 8.86. The van der Waals surface area contributed by atoms with Crippen LogP contribution in [0.4, 0.5) is 4.79 Å². The van der Waals surface area contributed by atoms with Crippen LogP contribution in [0.2, 0.25) is 0 Å². The van der Waals surface area contributed by atoms with Crippen molar-refractivity contribution < 1.29 is 14.6 Å². The van der Waals surface area contributed by atoms with Crippen molar-refractivity contribution in [3.05, 3.63) is 0 Å². The van der Waals surface area contributed by atoms with Crippen molar-refractivity contribution in [3.8, 4) is 0 Å². The molecule has 0 radical (unpaired) electrons. The van der Waals surface area contributed by atoms with E-state index in [2.05, 4.69) is 20.8 Å². The Bertz CT molecular complexity index is 253. The Morgan fingerprint density at radius 2 is 1.48 bits per heavy atom. The molecular weight excluding hydrogens is 264 g/mol. The Labute approximate surface area is 131 Å². The average molecular weight is 300 g/mol.